The van der Waals surface area contributed by atoms with Crippen molar-refractivity contribution in [3.05, 3.63) is 54.2 Å². The molecule has 2 heterocycles. The van der Waals surface area contributed by atoms with Gasteiger partial charge >= 0.3 is 0 Å². The summed E-state index contributed by atoms with van der Waals surface area (Å²) in [5.41, 5.74) is 8.54. The van der Waals surface area contributed by atoms with Gasteiger partial charge in [-0.2, -0.15) is 0 Å². The largest absolute Gasteiger partial charge is 0.398 e. The van der Waals surface area contributed by atoms with Crippen LogP contribution in [0.3, 0.4) is 0 Å². The van der Waals surface area contributed by atoms with E-state index in [1.54, 1.807) is 18.6 Å². The van der Waals surface area contributed by atoms with Gasteiger partial charge in [-0.25, -0.2) is 9.97 Å². The minimum atomic E-state index is -0.230. The van der Waals surface area contributed by atoms with Gasteiger partial charge < -0.3 is 16.0 Å². The first-order chi connectivity index (χ1) is 10.2. The van der Waals surface area contributed by atoms with Gasteiger partial charge in [-0.3, -0.25) is 4.79 Å². The van der Waals surface area contributed by atoms with E-state index < -0.39 is 0 Å². The van der Waals surface area contributed by atoms with E-state index in [-0.39, 0.29) is 5.91 Å². The molecule has 0 fully saturated rings. The highest BCUT2D eigenvalue weighted by Gasteiger charge is 2.10. The predicted molar refractivity (Wildman–Crippen MR) is 80.8 cm³/mol. The van der Waals surface area contributed by atoms with Crippen LogP contribution in [0.4, 0.5) is 5.69 Å². The third-order valence-corrected chi connectivity index (χ3v) is 3.22. The number of nitrogens with two attached hydrogens (primary N) is 1. The van der Waals surface area contributed by atoms with Crippen LogP contribution in [0.1, 0.15) is 16.2 Å². The molecule has 0 bridgehead atoms. The molecule has 21 heavy (non-hydrogen) atoms. The van der Waals surface area contributed by atoms with E-state index in [2.05, 4.69) is 20.3 Å². The molecule has 1 amide bonds. The summed E-state index contributed by atoms with van der Waals surface area (Å²) in [5, 5.41) is 3.68. The number of fused-ring (bicyclic) bond motifs is 1. The van der Waals surface area contributed by atoms with Gasteiger partial charge in [0, 0.05) is 35.9 Å². The molecule has 6 nitrogen and oxygen atoms in total. The topological polar surface area (TPSA) is 96.7 Å². The maximum Gasteiger partial charge on any atom is 0.269 e. The number of imidazole rings is 1. The highest BCUT2D eigenvalue weighted by atomic mass is 16.1. The molecule has 0 atom stereocenters. The fourth-order valence-corrected chi connectivity index (χ4v) is 2.14. The molecule has 0 spiro atoms. The number of carbonyl (C=O) groups excluding carboxylic acids is 1. The van der Waals surface area contributed by atoms with E-state index >= 15 is 0 Å². The maximum atomic E-state index is 12.1. The van der Waals surface area contributed by atoms with E-state index in [0.29, 0.717) is 24.3 Å². The minimum Gasteiger partial charge on any atom is -0.398 e. The van der Waals surface area contributed by atoms with Gasteiger partial charge in [0.1, 0.15) is 5.69 Å². The van der Waals surface area contributed by atoms with Crippen LogP contribution in [0.5, 0.6) is 0 Å². The quantitative estimate of drug-likeness (QED) is 0.675. The lowest BCUT2D eigenvalue weighted by Gasteiger charge is -2.07. The average molecular weight is 281 g/mol. The maximum absolute atomic E-state index is 12.1. The lowest BCUT2D eigenvalue weighted by atomic mass is 10.1. The van der Waals surface area contributed by atoms with Crippen LogP contribution in [0.15, 0.2) is 42.9 Å². The first-order valence-electron chi connectivity index (χ1n) is 6.65. The highest BCUT2D eigenvalue weighted by Crippen LogP contribution is 2.19. The molecule has 0 aliphatic carbocycles. The van der Waals surface area contributed by atoms with Gasteiger partial charge in [-0.05, 0) is 12.1 Å². The second kappa shape index (κ2) is 5.62. The first kappa shape index (κ1) is 13.1. The Kier molecular flexibility index (Phi) is 3.51. The van der Waals surface area contributed by atoms with Crippen molar-refractivity contribution in [2.24, 2.45) is 0 Å². The molecule has 3 rings (SSSR count). The van der Waals surface area contributed by atoms with E-state index in [1.807, 2.05) is 24.3 Å². The lowest BCUT2D eigenvalue weighted by molar-refractivity contribution is 0.0949. The van der Waals surface area contributed by atoms with Crippen molar-refractivity contribution in [1.29, 1.82) is 0 Å². The summed E-state index contributed by atoms with van der Waals surface area (Å²) < 4.78 is 0. The number of nitrogens with zero attached hydrogens (tertiary/aromatic N) is 2. The summed E-state index contributed by atoms with van der Waals surface area (Å²) in [6, 6.07) is 9.09. The number of rotatable bonds is 4. The average Bonchev–Trinajstić information content (AvgIpc) is 3.00. The monoisotopic (exact) mass is 281 g/mol. The van der Waals surface area contributed by atoms with Crippen molar-refractivity contribution in [3.8, 4) is 0 Å². The molecule has 0 unspecified atom stereocenters. The Hall–Kier alpha value is -2.89. The number of para-hydroxylation sites is 1. The van der Waals surface area contributed by atoms with Crippen molar-refractivity contribution in [2.75, 3.05) is 12.3 Å². The number of carbonyl (C=O) groups is 1. The van der Waals surface area contributed by atoms with Gasteiger partial charge in [-0.15, -0.1) is 0 Å². The molecular formula is C15H15N5O. The number of amides is 1. The van der Waals surface area contributed by atoms with Crippen LogP contribution in [0.2, 0.25) is 0 Å². The third-order valence-electron chi connectivity index (χ3n) is 3.22. The van der Waals surface area contributed by atoms with Crippen molar-refractivity contribution >= 4 is 22.5 Å². The third kappa shape index (κ3) is 2.84. The van der Waals surface area contributed by atoms with Gasteiger partial charge in [-0.1, -0.05) is 18.2 Å². The number of pyridine rings is 1. The van der Waals surface area contributed by atoms with Crippen LogP contribution in [0.25, 0.3) is 10.9 Å². The van der Waals surface area contributed by atoms with Gasteiger partial charge in [0.05, 0.1) is 11.8 Å². The summed E-state index contributed by atoms with van der Waals surface area (Å²) in [4.78, 5) is 23.4. The van der Waals surface area contributed by atoms with E-state index in [9.17, 15) is 4.79 Å². The van der Waals surface area contributed by atoms with Crippen LogP contribution in [0, 0.1) is 0 Å². The SMILES string of the molecule is Nc1cc(C(=O)NCCc2cnc[nH]2)nc2ccccc12. The Labute approximate surface area is 121 Å². The zero-order valence-electron chi connectivity index (χ0n) is 11.3. The molecule has 4 N–H and O–H groups in total. The van der Waals surface area contributed by atoms with Crippen molar-refractivity contribution in [2.45, 2.75) is 6.42 Å². The Morgan fingerprint density at radius 1 is 1.33 bits per heavy atom. The zero-order valence-corrected chi connectivity index (χ0v) is 11.3. The fraction of sp³-hybridized carbons (Fsp3) is 0.133. The number of hydrogen-bond acceptors (Lipinski definition) is 4. The van der Waals surface area contributed by atoms with E-state index in [0.717, 1.165) is 16.6 Å². The summed E-state index contributed by atoms with van der Waals surface area (Å²) in [7, 11) is 0. The second-order valence-corrected chi connectivity index (χ2v) is 4.70. The van der Waals surface area contributed by atoms with Gasteiger partial charge in [0.2, 0.25) is 0 Å². The highest BCUT2D eigenvalue weighted by molar-refractivity contribution is 5.99. The van der Waals surface area contributed by atoms with E-state index in [1.165, 1.54) is 0 Å². The van der Waals surface area contributed by atoms with Crippen LogP contribution < -0.4 is 11.1 Å². The Morgan fingerprint density at radius 2 is 2.19 bits per heavy atom. The van der Waals surface area contributed by atoms with Crippen LogP contribution >= 0.6 is 0 Å². The molecule has 1 aromatic carbocycles. The van der Waals surface area contributed by atoms with Crippen molar-refractivity contribution in [1.82, 2.24) is 20.3 Å². The summed E-state index contributed by atoms with van der Waals surface area (Å²) in [6.07, 6.45) is 4.04. The van der Waals surface area contributed by atoms with Gasteiger partial charge in [0.25, 0.3) is 5.91 Å². The number of H-pyrrole nitrogens is 1. The number of benzene rings is 1. The van der Waals surface area contributed by atoms with E-state index in [4.69, 9.17) is 5.73 Å². The zero-order chi connectivity index (χ0) is 14.7. The molecule has 0 aliphatic heterocycles. The number of nitrogens with one attached hydrogen (secondary N) is 2. The standard InChI is InChI=1S/C15H15N5O/c16-12-7-14(20-13-4-2-1-3-11(12)13)15(21)18-6-5-10-8-17-9-19-10/h1-4,7-9H,5-6H2,(H2,16,20)(H,17,19)(H,18,21). The van der Waals surface area contributed by atoms with Crippen LogP contribution in [-0.4, -0.2) is 27.4 Å². The first-order valence-corrected chi connectivity index (χ1v) is 6.65. The Bertz CT molecular complexity index is 767. The Morgan fingerprint density at radius 3 is 3.00 bits per heavy atom. The molecule has 0 saturated heterocycles. The molecule has 0 aliphatic rings. The number of aromatic nitrogens is 3. The molecule has 106 valence electrons. The molecule has 6 heteroatoms. The summed E-state index contributed by atoms with van der Waals surface area (Å²) in [6.45, 7) is 0.509. The number of anilines is 1. The molecule has 0 radical (unpaired) electrons. The summed E-state index contributed by atoms with van der Waals surface area (Å²) in [5.74, 6) is -0.230. The second-order valence-electron chi connectivity index (χ2n) is 4.70. The molecular weight excluding hydrogens is 266 g/mol. The molecule has 0 saturated carbocycles. The molecule has 3 aromatic rings. The number of nitrogen functional groups attached to an aromatic ring is 1. The summed E-state index contributed by atoms with van der Waals surface area (Å²) >= 11 is 0. The fourth-order valence-electron chi connectivity index (χ4n) is 2.14. The van der Waals surface area contributed by atoms with Gasteiger partial charge in [0.15, 0.2) is 0 Å². The normalized spacial score (nSPS) is 10.7. The van der Waals surface area contributed by atoms with Crippen molar-refractivity contribution < 1.29 is 4.79 Å². The van der Waals surface area contributed by atoms with Crippen molar-refractivity contribution in [3.63, 3.8) is 0 Å². The number of aromatic amines is 1. The lowest BCUT2D eigenvalue weighted by Crippen LogP contribution is -2.26. The number of hydrogen-bond donors (Lipinski definition) is 3. The predicted octanol–water partition coefficient (Wildman–Crippen LogP) is 1.51. The van der Waals surface area contributed by atoms with Crippen LogP contribution in [-0.2, 0) is 6.42 Å². The Balaban J connectivity index is 1.72. The minimum absolute atomic E-state index is 0.230. The molecule has 2 aromatic heterocycles. The smallest absolute Gasteiger partial charge is 0.269 e.